The molecule has 1 N–H and O–H groups in total. The molecule has 0 amide bonds. The van der Waals surface area contributed by atoms with E-state index in [-0.39, 0.29) is 6.10 Å². The van der Waals surface area contributed by atoms with E-state index in [0.717, 1.165) is 13.0 Å². The second kappa shape index (κ2) is 4.80. The Hall–Kier alpha value is -0.120. The van der Waals surface area contributed by atoms with Crippen LogP contribution in [0.25, 0.3) is 0 Å². The summed E-state index contributed by atoms with van der Waals surface area (Å²) < 4.78 is 9.48. The lowest BCUT2D eigenvalue weighted by Gasteiger charge is -1.87. The average Bonchev–Trinajstić information content (AvgIpc) is 2.91. The van der Waals surface area contributed by atoms with Crippen molar-refractivity contribution in [2.24, 2.45) is 0 Å². The molecular formula is C9H18O3. The fourth-order valence-electron chi connectivity index (χ4n) is 0.846. The standard InChI is InChI=1S/C6H12O2.C3H6O/c1-2-3-4-5-6(7)8-5;1-3-2-4-3/h5-7H,2-4H2,1H3;3H,2H2,1H3. The molecule has 0 aromatic heterocycles. The van der Waals surface area contributed by atoms with Gasteiger partial charge in [-0.1, -0.05) is 19.8 Å². The van der Waals surface area contributed by atoms with E-state index in [4.69, 9.17) is 14.6 Å². The highest BCUT2D eigenvalue weighted by Gasteiger charge is 2.35. The fraction of sp³-hybridized carbons (Fsp3) is 1.00. The summed E-state index contributed by atoms with van der Waals surface area (Å²) in [5, 5.41) is 8.63. The SMILES string of the molecule is CC1CO1.CCCCC1OC1O. The van der Waals surface area contributed by atoms with Gasteiger partial charge in [0.25, 0.3) is 0 Å². The van der Waals surface area contributed by atoms with Crippen LogP contribution in [0.4, 0.5) is 0 Å². The first kappa shape index (κ1) is 9.96. The van der Waals surface area contributed by atoms with Gasteiger partial charge in [0.2, 0.25) is 0 Å². The minimum atomic E-state index is -0.429. The molecule has 12 heavy (non-hydrogen) atoms. The summed E-state index contributed by atoms with van der Waals surface area (Å²) in [4.78, 5) is 0. The number of hydrogen-bond donors (Lipinski definition) is 1. The van der Waals surface area contributed by atoms with Crippen LogP contribution in [0.2, 0.25) is 0 Å². The van der Waals surface area contributed by atoms with Crippen molar-refractivity contribution in [2.75, 3.05) is 6.61 Å². The summed E-state index contributed by atoms with van der Waals surface area (Å²) in [5.74, 6) is 0. The predicted molar refractivity (Wildman–Crippen MR) is 45.8 cm³/mol. The van der Waals surface area contributed by atoms with E-state index in [1.807, 2.05) is 0 Å². The van der Waals surface area contributed by atoms with E-state index in [1.54, 1.807) is 0 Å². The van der Waals surface area contributed by atoms with Crippen molar-refractivity contribution in [3.05, 3.63) is 0 Å². The molecular weight excluding hydrogens is 156 g/mol. The molecule has 2 rings (SSSR count). The Morgan fingerprint density at radius 2 is 2.00 bits per heavy atom. The Morgan fingerprint density at radius 1 is 1.50 bits per heavy atom. The van der Waals surface area contributed by atoms with Gasteiger partial charge < -0.3 is 14.6 Å². The van der Waals surface area contributed by atoms with Crippen molar-refractivity contribution >= 4 is 0 Å². The molecule has 3 nitrogen and oxygen atoms in total. The Bertz CT molecular complexity index is 123. The normalized spacial score (nSPS) is 36.8. The van der Waals surface area contributed by atoms with Gasteiger partial charge >= 0.3 is 0 Å². The van der Waals surface area contributed by atoms with Crippen LogP contribution in [0.3, 0.4) is 0 Å². The molecule has 0 radical (unpaired) electrons. The highest BCUT2D eigenvalue weighted by Crippen LogP contribution is 2.23. The first-order valence-electron chi connectivity index (χ1n) is 4.69. The molecule has 3 unspecified atom stereocenters. The topological polar surface area (TPSA) is 45.3 Å². The number of ether oxygens (including phenoxy) is 2. The molecule has 72 valence electrons. The minimum absolute atomic E-state index is 0.176. The summed E-state index contributed by atoms with van der Waals surface area (Å²) in [5.41, 5.74) is 0. The van der Waals surface area contributed by atoms with Crippen molar-refractivity contribution in [2.45, 2.75) is 51.6 Å². The summed E-state index contributed by atoms with van der Waals surface area (Å²) >= 11 is 0. The Balaban J connectivity index is 0.000000150. The maximum atomic E-state index is 8.63. The average molecular weight is 174 g/mol. The number of unbranched alkanes of at least 4 members (excludes halogenated alkanes) is 1. The maximum absolute atomic E-state index is 8.63. The van der Waals surface area contributed by atoms with E-state index in [2.05, 4.69) is 13.8 Å². The molecule has 2 aliphatic rings. The predicted octanol–water partition coefficient (Wildman–Crippen LogP) is 1.30. The van der Waals surface area contributed by atoms with Crippen molar-refractivity contribution in [3.63, 3.8) is 0 Å². The second-order valence-corrected chi connectivity index (χ2v) is 3.35. The van der Waals surface area contributed by atoms with E-state index in [9.17, 15) is 0 Å². The summed E-state index contributed by atoms with van der Waals surface area (Å²) in [6.07, 6.45) is 3.71. The van der Waals surface area contributed by atoms with E-state index < -0.39 is 6.29 Å². The van der Waals surface area contributed by atoms with Crippen molar-refractivity contribution < 1.29 is 14.6 Å². The summed E-state index contributed by atoms with van der Waals surface area (Å²) in [6, 6.07) is 0. The lowest BCUT2D eigenvalue weighted by atomic mass is 10.2. The number of epoxide rings is 2. The first-order valence-corrected chi connectivity index (χ1v) is 4.69. The molecule has 2 fully saturated rings. The number of aliphatic hydroxyl groups is 1. The third-order valence-electron chi connectivity index (χ3n) is 1.90. The zero-order valence-electron chi connectivity index (χ0n) is 7.82. The smallest absolute Gasteiger partial charge is 0.181 e. The van der Waals surface area contributed by atoms with Gasteiger partial charge in [-0.25, -0.2) is 0 Å². The Labute approximate surface area is 73.7 Å². The minimum Gasteiger partial charge on any atom is -0.373 e. The van der Waals surface area contributed by atoms with Gasteiger partial charge in [-0.15, -0.1) is 0 Å². The van der Waals surface area contributed by atoms with Gasteiger partial charge in [-0.3, -0.25) is 0 Å². The van der Waals surface area contributed by atoms with Gasteiger partial charge in [0.05, 0.1) is 12.7 Å². The zero-order valence-corrected chi connectivity index (χ0v) is 7.82. The van der Waals surface area contributed by atoms with Crippen LogP contribution in [-0.2, 0) is 9.47 Å². The van der Waals surface area contributed by atoms with Crippen LogP contribution in [0.5, 0.6) is 0 Å². The summed E-state index contributed by atoms with van der Waals surface area (Å²) in [6.45, 7) is 5.18. The summed E-state index contributed by atoms with van der Waals surface area (Å²) in [7, 11) is 0. The maximum Gasteiger partial charge on any atom is 0.181 e. The van der Waals surface area contributed by atoms with Crippen LogP contribution in [0, 0.1) is 0 Å². The van der Waals surface area contributed by atoms with E-state index in [0.29, 0.717) is 6.10 Å². The second-order valence-electron chi connectivity index (χ2n) is 3.35. The van der Waals surface area contributed by atoms with Crippen molar-refractivity contribution in [3.8, 4) is 0 Å². The molecule has 3 heteroatoms. The third-order valence-corrected chi connectivity index (χ3v) is 1.90. The monoisotopic (exact) mass is 174 g/mol. The quantitative estimate of drug-likeness (QED) is 0.656. The largest absolute Gasteiger partial charge is 0.373 e. The van der Waals surface area contributed by atoms with Gasteiger partial charge in [0, 0.05) is 0 Å². The molecule has 3 atom stereocenters. The molecule has 0 aliphatic carbocycles. The lowest BCUT2D eigenvalue weighted by molar-refractivity contribution is 0.156. The van der Waals surface area contributed by atoms with Gasteiger partial charge in [-0.05, 0) is 13.3 Å². The Morgan fingerprint density at radius 3 is 2.25 bits per heavy atom. The lowest BCUT2D eigenvalue weighted by Crippen LogP contribution is -1.90. The van der Waals surface area contributed by atoms with Crippen molar-refractivity contribution in [1.29, 1.82) is 0 Å². The van der Waals surface area contributed by atoms with E-state index in [1.165, 1.54) is 12.8 Å². The third kappa shape index (κ3) is 4.70. The molecule has 0 saturated carbocycles. The molecule has 0 aromatic rings. The molecule has 2 saturated heterocycles. The number of hydrogen-bond acceptors (Lipinski definition) is 3. The highest BCUT2D eigenvalue weighted by molar-refractivity contribution is 4.73. The molecule has 0 spiro atoms. The molecule has 2 aliphatic heterocycles. The number of aliphatic hydroxyl groups excluding tert-OH is 1. The molecule has 0 aromatic carbocycles. The Kier molecular flexibility index (Phi) is 3.98. The van der Waals surface area contributed by atoms with Gasteiger partial charge in [-0.2, -0.15) is 0 Å². The van der Waals surface area contributed by atoms with Crippen molar-refractivity contribution in [1.82, 2.24) is 0 Å². The first-order chi connectivity index (χ1) is 5.74. The molecule has 0 bridgehead atoms. The van der Waals surface area contributed by atoms with Gasteiger partial charge in [0.15, 0.2) is 6.29 Å². The zero-order chi connectivity index (χ0) is 8.97. The van der Waals surface area contributed by atoms with Gasteiger partial charge in [0.1, 0.15) is 6.10 Å². The van der Waals surface area contributed by atoms with Crippen LogP contribution < -0.4 is 0 Å². The van der Waals surface area contributed by atoms with Crippen LogP contribution in [0.1, 0.15) is 33.1 Å². The molecule has 2 heterocycles. The van der Waals surface area contributed by atoms with E-state index >= 15 is 0 Å². The highest BCUT2D eigenvalue weighted by atomic mass is 16.7. The van der Waals surface area contributed by atoms with Crippen LogP contribution >= 0.6 is 0 Å². The number of rotatable bonds is 3. The van der Waals surface area contributed by atoms with Crippen LogP contribution in [0.15, 0.2) is 0 Å². The fourth-order valence-corrected chi connectivity index (χ4v) is 0.846. The van der Waals surface area contributed by atoms with Crippen LogP contribution in [-0.4, -0.2) is 30.2 Å².